The largest absolute Gasteiger partial charge is 1.00 e. The molecule has 0 unspecified atom stereocenters. The van der Waals surface area contributed by atoms with Gasteiger partial charge >= 0.3 is 121 Å². The van der Waals surface area contributed by atoms with Crippen molar-refractivity contribution in [3.05, 3.63) is 127 Å². The topological polar surface area (TPSA) is 471 Å². The molecule has 4 aromatic rings. The van der Waals surface area contributed by atoms with Gasteiger partial charge in [0.25, 0.3) is 12.9 Å². The molecule has 33 nitrogen and oxygen atoms in total. The quantitative estimate of drug-likeness (QED) is 0.0115. The van der Waals surface area contributed by atoms with Crippen LogP contribution in [0.1, 0.15) is 21.8 Å². The number of cyclic esters (lactones) is 3. The van der Waals surface area contributed by atoms with E-state index < -0.39 is 60.5 Å². The number of amides is 3. The Balaban J connectivity index is -0.000000311. The number of halogens is 4. The maximum Gasteiger partial charge on any atom is 1.00 e. The van der Waals surface area contributed by atoms with Crippen molar-refractivity contribution in [2.45, 2.75) is 39.6 Å². The Bertz CT molecular complexity index is 2760. The number of hydrogen-bond donors (Lipinski definition) is 3. The summed E-state index contributed by atoms with van der Waals surface area (Å²) in [5, 5.41) is 37.2. The Morgan fingerprint density at radius 3 is 1.49 bits per heavy atom. The number of amidine groups is 1. The predicted molar refractivity (Wildman–Crippen MR) is 266 cm³/mol. The van der Waals surface area contributed by atoms with E-state index in [9.17, 15) is 27.6 Å². The summed E-state index contributed by atoms with van der Waals surface area (Å²) < 4.78 is 74.8. The molecule has 0 spiro atoms. The minimum Gasteiger partial charge on any atom is -1.00 e. The van der Waals surface area contributed by atoms with Gasteiger partial charge in [0.15, 0.2) is 5.84 Å². The average molecular weight is 1210 g/mol. The van der Waals surface area contributed by atoms with Gasteiger partial charge in [-0.3, -0.25) is 19.5 Å². The normalized spacial score (nSPS) is 15.0. The van der Waals surface area contributed by atoms with Gasteiger partial charge in [0.1, 0.15) is 35.8 Å². The molecular formula is C41H52ClF3K2N18O15. The van der Waals surface area contributed by atoms with Crippen molar-refractivity contribution < 1.29 is 190 Å². The van der Waals surface area contributed by atoms with Gasteiger partial charge in [-0.25, -0.2) is 37.7 Å². The summed E-state index contributed by atoms with van der Waals surface area (Å²) in [4.78, 5) is 64.6. The predicted octanol–water partition coefficient (Wildman–Crippen LogP) is 0.390. The van der Waals surface area contributed by atoms with Crippen LogP contribution in [0.4, 0.5) is 50.3 Å². The van der Waals surface area contributed by atoms with E-state index in [0.29, 0.717) is 11.4 Å². The molecule has 1 aromatic heterocycles. The Hall–Kier alpha value is -6.12. The smallest absolute Gasteiger partial charge is 1.00 e. The first-order valence-electron chi connectivity index (χ1n) is 20.2. The Morgan fingerprint density at radius 1 is 0.800 bits per heavy atom. The molecule has 7 N–H and O–H groups in total. The van der Waals surface area contributed by atoms with Crippen LogP contribution < -0.4 is 134 Å². The number of nitrogens with two attached hydrogens (primary N) is 2. The van der Waals surface area contributed by atoms with Gasteiger partial charge < -0.3 is 60.9 Å². The Labute approximate surface area is 544 Å². The summed E-state index contributed by atoms with van der Waals surface area (Å²) in [6, 6.07) is 11.8. The summed E-state index contributed by atoms with van der Waals surface area (Å²) in [7, 11) is 4.53. The molecule has 3 aliphatic rings. The number of aromatic nitrogens is 2. The van der Waals surface area contributed by atoms with Gasteiger partial charge in [0.05, 0.1) is 68.3 Å². The summed E-state index contributed by atoms with van der Waals surface area (Å²) in [5.41, 5.74) is 30.9. The molecule has 7 rings (SSSR count). The van der Waals surface area contributed by atoms with Gasteiger partial charge in [0.2, 0.25) is 17.9 Å². The SMILES string of the molecule is C.C.COC(OC)OC.NCl.O.O=CO[O-].[C-]#[N+]c1ccc(N2C[C@H](CN=[N+]=[N-])OC2=O)cc1F.[H-].[K+].[K+].[N-]=[N+]=NC[C@H]1CN(c2ccc(-c3ncon3)c(F)c2)C(=O)O1.[N-]=[N+]=NC[C@H]1CN(c2ccc(/C(N)=N/O)c(F)c2)C(=O)O1. The second kappa shape index (κ2) is 44.6. The molecule has 0 saturated carbocycles. The van der Waals surface area contributed by atoms with Gasteiger partial charge in [-0.2, -0.15) is 4.98 Å². The molecule has 3 saturated heterocycles. The van der Waals surface area contributed by atoms with Crippen molar-refractivity contribution in [2.75, 3.05) is 75.3 Å². The van der Waals surface area contributed by atoms with Crippen molar-refractivity contribution >= 4 is 65.1 Å². The first-order valence-corrected chi connectivity index (χ1v) is 20.6. The van der Waals surface area contributed by atoms with Gasteiger partial charge in [-0.15, -0.1) is 0 Å². The van der Waals surface area contributed by atoms with Crippen molar-refractivity contribution in [1.29, 1.82) is 0 Å². The van der Waals surface area contributed by atoms with Crippen LogP contribution >= 0.6 is 11.8 Å². The number of methoxy groups -OCH3 is 3. The van der Waals surface area contributed by atoms with Gasteiger partial charge in [-0.05, 0) is 76.9 Å². The minimum atomic E-state index is -0.742. The molecule has 0 aliphatic carbocycles. The van der Waals surface area contributed by atoms with Crippen molar-refractivity contribution in [3.63, 3.8) is 0 Å². The number of carbonyl (C=O) groups excluding carboxylic acids is 4. The standard InChI is InChI=1S/C12H9FN6O3.C11H11FN6O3.C11H8FN5O2.C4H10O3.CH2O3.2CH4.ClH2N.2K.H2O.H/c13-10-3-7(1-2-9(10)11-15-6-21-17-11)19-5-8(4-16-18-14)22-12(19)20;12-9-3-6(1-2-8(9)10(13)16-20)18-5-7(4-15-17-14)21-11(18)19;1-14-10-3-2-7(4-9(10)12)17-6-8(5-15-16-13)19-11(17)18;1-5-4(6-2)7-3;2-1-4-3;;;1-2;;;;/h1-3,6,8H,4-5H2;1-3,7,20H,4-5H2,(H2,13,16);2-4,8H,5-6H2;4H,1-3H3;1,3H;2*1H4;2H2;;;1H2;/q;;;;;;;;2*+1;;-1/p-1/t8-;7-;8-;;;;;;;;;/m000........./s1. The van der Waals surface area contributed by atoms with Crippen LogP contribution in [0.5, 0.6) is 0 Å². The van der Waals surface area contributed by atoms with Crippen LogP contribution in [0.3, 0.4) is 0 Å². The van der Waals surface area contributed by atoms with E-state index in [1.807, 2.05) is 0 Å². The monoisotopic (exact) mass is 1210 g/mol. The van der Waals surface area contributed by atoms with E-state index in [0.717, 1.165) is 18.5 Å². The number of nitrogens with zero attached hydrogens (tertiary/aromatic N) is 16. The third kappa shape index (κ3) is 25.6. The molecule has 80 heavy (non-hydrogen) atoms. The number of hydrogen-bond acceptors (Lipinski definition) is 21. The van der Waals surface area contributed by atoms with Crippen LogP contribution in [0.2, 0.25) is 0 Å². The van der Waals surface area contributed by atoms with Crippen LogP contribution in [0.25, 0.3) is 47.6 Å². The van der Waals surface area contributed by atoms with Crippen LogP contribution in [0, 0.1) is 24.0 Å². The van der Waals surface area contributed by atoms with E-state index in [1.165, 1.54) is 72.4 Å². The number of benzene rings is 3. The third-order valence-corrected chi connectivity index (χ3v) is 9.16. The zero-order valence-corrected chi connectivity index (χ0v) is 48.5. The second-order valence-corrected chi connectivity index (χ2v) is 13.6. The van der Waals surface area contributed by atoms with E-state index in [1.54, 1.807) is 6.07 Å². The third-order valence-electron chi connectivity index (χ3n) is 9.16. The summed E-state index contributed by atoms with van der Waals surface area (Å²) >= 11 is 4.14. The summed E-state index contributed by atoms with van der Waals surface area (Å²) in [6.45, 7) is 6.61. The van der Waals surface area contributed by atoms with Crippen molar-refractivity contribution in [3.8, 4) is 11.4 Å². The molecule has 39 heteroatoms. The van der Waals surface area contributed by atoms with E-state index >= 15 is 0 Å². The summed E-state index contributed by atoms with van der Waals surface area (Å²) in [5.74, 6) is -2.28. The van der Waals surface area contributed by atoms with E-state index in [2.05, 4.69) is 90.9 Å². The fraction of sp³-hybridized carbons (Fsp3) is 0.366. The molecule has 3 amide bonds. The Kier molecular flexibility index (Phi) is 44.8. The number of carbonyl (C=O) groups is 4. The maximum absolute atomic E-state index is 14.1. The first kappa shape index (κ1) is 80.4. The molecule has 3 fully saturated rings. The molecule has 0 radical (unpaired) electrons. The zero-order chi connectivity index (χ0) is 55.9. The number of anilines is 3. The number of rotatable bonds is 15. The second-order valence-electron chi connectivity index (χ2n) is 13.6. The fourth-order valence-corrected chi connectivity index (χ4v) is 5.98. The average Bonchev–Trinajstić information content (AvgIpc) is 4.26. The zero-order valence-electron chi connectivity index (χ0n) is 42.5. The van der Waals surface area contributed by atoms with Gasteiger partial charge in [0, 0.05) is 41.8 Å². The van der Waals surface area contributed by atoms with Crippen molar-refractivity contribution in [2.24, 2.45) is 31.5 Å². The first-order chi connectivity index (χ1) is 36.2. The van der Waals surface area contributed by atoms with Crippen molar-refractivity contribution in [1.82, 2.24) is 10.1 Å². The number of azide groups is 3. The maximum atomic E-state index is 14.1. The fourth-order valence-electron chi connectivity index (χ4n) is 5.98. The molecule has 426 valence electrons. The molecule has 0 bridgehead atoms. The Morgan fingerprint density at radius 2 is 1.19 bits per heavy atom. The van der Waals surface area contributed by atoms with E-state index in [-0.39, 0.29) is 204 Å². The minimum absolute atomic E-state index is 0. The molecule has 4 heterocycles. The van der Waals surface area contributed by atoms with Crippen LogP contribution in [-0.4, -0.2) is 137 Å². The number of oxime groups is 1. The number of ether oxygens (including phenoxy) is 6. The molecule has 3 aromatic carbocycles. The van der Waals surface area contributed by atoms with Gasteiger partial charge in [-0.1, -0.05) is 46.6 Å². The van der Waals surface area contributed by atoms with Crippen LogP contribution in [-0.2, 0) is 38.1 Å². The van der Waals surface area contributed by atoms with E-state index in [4.69, 9.17) is 58.4 Å². The van der Waals surface area contributed by atoms with Crippen LogP contribution in [0.15, 0.2) is 86.0 Å². The molecule has 3 aliphatic heterocycles. The molecule has 3 atom stereocenters. The summed E-state index contributed by atoms with van der Waals surface area (Å²) in [6.07, 6.45) is -2.50. The molecular weight excluding hydrogens is 1160 g/mol.